The molecule has 0 radical (unpaired) electrons. The molecule has 0 fully saturated rings. The van der Waals surface area contributed by atoms with Crippen LogP contribution in [0.2, 0.25) is 0 Å². The molecule has 12 heavy (non-hydrogen) atoms. The summed E-state index contributed by atoms with van der Waals surface area (Å²) >= 11 is 0. The highest BCUT2D eigenvalue weighted by Crippen LogP contribution is 2.05. The fourth-order valence-electron chi connectivity index (χ4n) is 0.819. The summed E-state index contributed by atoms with van der Waals surface area (Å²) in [4.78, 5) is 7.41. The molecule has 0 saturated heterocycles. The summed E-state index contributed by atoms with van der Waals surface area (Å²) < 4.78 is 22.7. The summed E-state index contributed by atoms with van der Waals surface area (Å²) in [5.74, 6) is 0.131. The third-order valence-corrected chi connectivity index (χ3v) is 3.12. The van der Waals surface area contributed by atoms with E-state index < -0.39 is 9.84 Å². The number of sulfone groups is 1. The third kappa shape index (κ3) is 2.01. The number of nitrogens with zero attached hydrogens (tertiary/aromatic N) is 2. The van der Waals surface area contributed by atoms with Gasteiger partial charge in [-0.05, 0) is 6.42 Å². The van der Waals surface area contributed by atoms with Crippen molar-refractivity contribution < 1.29 is 8.42 Å². The van der Waals surface area contributed by atoms with Gasteiger partial charge >= 0.3 is 0 Å². The lowest BCUT2D eigenvalue weighted by Gasteiger charge is -1.98. The van der Waals surface area contributed by atoms with Gasteiger partial charge in [0.25, 0.3) is 0 Å². The zero-order valence-corrected chi connectivity index (χ0v) is 7.58. The van der Waals surface area contributed by atoms with E-state index in [-0.39, 0.29) is 10.8 Å². The molecule has 0 aromatic carbocycles. The van der Waals surface area contributed by atoms with Crippen LogP contribution >= 0.6 is 0 Å². The first-order valence-corrected chi connectivity index (χ1v) is 5.31. The summed E-state index contributed by atoms with van der Waals surface area (Å²) in [6.07, 6.45) is 4.69. The first-order chi connectivity index (χ1) is 5.67. The molecule has 1 aromatic heterocycles. The standard InChI is InChI=1S/C7H10N2O2S/c1-2-5-12(10,11)7-6-8-3-4-9-7/h3-4,6H,2,5H2,1H3. The molecule has 0 aliphatic rings. The molecule has 66 valence electrons. The molecule has 1 rings (SSSR count). The lowest BCUT2D eigenvalue weighted by Crippen LogP contribution is -2.07. The monoisotopic (exact) mass is 186 g/mol. The molecule has 0 N–H and O–H groups in total. The maximum atomic E-state index is 11.3. The van der Waals surface area contributed by atoms with Gasteiger partial charge in [0.1, 0.15) is 0 Å². The molecule has 4 nitrogen and oxygen atoms in total. The number of hydrogen-bond acceptors (Lipinski definition) is 4. The summed E-state index contributed by atoms with van der Waals surface area (Å²) in [6.45, 7) is 1.81. The van der Waals surface area contributed by atoms with Gasteiger partial charge in [0.05, 0.1) is 11.9 Å². The van der Waals surface area contributed by atoms with Crippen molar-refractivity contribution in [1.82, 2.24) is 9.97 Å². The van der Waals surface area contributed by atoms with E-state index in [1.165, 1.54) is 18.6 Å². The van der Waals surface area contributed by atoms with Crippen LogP contribution in [-0.4, -0.2) is 24.1 Å². The van der Waals surface area contributed by atoms with Gasteiger partial charge in [-0.25, -0.2) is 13.4 Å². The highest BCUT2D eigenvalue weighted by atomic mass is 32.2. The first kappa shape index (κ1) is 9.12. The minimum Gasteiger partial charge on any atom is -0.260 e. The van der Waals surface area contributed by atoms with Crippen molar-refractivity contribution >= 4 is 9.84 Å². The molecular formula is C7H10N2O2S. The zero-order chi connectivity index (χ0) is 9.03. The second-order valence-electron chi connectivity index (χ2n) is 2.36. The SMILES string of the molecule is CCCS(=O)(=O)c1cnccn1. The molecule has 0 aliphatic carbocycles. The van der Waals surface area contributed by atoms with Crippen LogP contribution in [0.5, 0.6) is 0 Å². The van der Waals surface area contributed by atoms with Crippen LogP contribution < -0.4 is 0 Å². The van der Waals surface area contributed by atoms with Gasteiger partial charge in [-0.15, -0.1) is 0 Å². The van der Waals surface area contributed by atoms with E-state index in [0.29, 0.717) is 6.42 Å². The minimum atomic E-state index is -3.18. The van der Waals surface area contributed by atoms with Crippen LogP contribution in [0.15, 0.2) is 23.6 Å². The van der Waals surface area contributed by atoms with E-state index in [9.17, 15) is 8.42 Å². The third-order valence-electron chi connectivity index (χ3n) is 1.33. The molecule has 5 heteroatoms. The molecule has 1 heterocycles. The van der Waals surface area contributed by atoms with Gasteiger partial charge in [0, 0.05) is 12.4 Å². The average Bonchev–Trinajstić information content (AvgIpc) is 2.06. The Morgan fingerprint density at radius 2 is 2.17 bits per heavy atom. The molecule has 0 unspecified atom stereocenters. The van der Waals surface area contributed by atoms with Gasteiger partial charge in [0.15, 0.2) is 14.9 Å². The van der Waals surface area contributed by atoms with E-state index in [4.69, 9.17) is 0 Å². The van der Waals surface area contributed by atoms with Crippen LogP contribution in [0.3, 0.4) is 0 Å². The Bertz CT molecular complexity index is 334. The molecule has 0 spiro atoms. The summed E-state index contributed by atoms with van der Waals surface area (Å²) in [5, 5.41) is 0.0619. The fourth-order valence-corrected chi connectivity index (χ4v) is 2.01. The lowest BCUT2D eigenvalue weighted by atomic mass is 10.6. The number of rotatable bonds is 3. The van der Waals surface area contributed by atoms with Crippen molar-refractivity contribution in [3.05, 3.63) is 18.6 Å². The predicted octanol–water partition coefficient (Wildman–Crippen LogP) is 0.660. The highest BCUT2D eigenvalue weighted by Gasteiger charge is 2.13. The fraction of sp³-hybridized carbons (Fsp3) is 0.429. The second kappa shape index (κ2) is 3.62. The Morgan fingerprint density at radius 1 is 1.42 bits per heavy atom. The van der Waals surface area contributed by atoms with Crippen molar-refractivity contribution in [2.45, 2.75) is 18.4 Å². The molecule has 0 bridgehead atoms. The molecule has 1 aromatic rings. The average molecular weight is 186 g/mol. The first-order valence-electron chi connectivity index (χ1n) is 3.65. The van der Waals surface area contributed by atoms with Crippen molar-refractivity contribution in [2.24, 2.45) is 0 Å². The maximum Gasteiger partial charge on any atom is 0.197 e. The van der Waals surface area contributed by atoms with E-state index in [1.807, 2.05) is 6.92 Å². The zero-order valence-electron chi connectivity index (χ0n) is 6.77. The van der Waals surface area contributed by atoms with E-state index in [1.54, 1.807) is 0 Å². The van der Waals surface area contributed by atoms with Gasteiger partial charge in [-0.3, -0.25) is 4.98 Å². The normalized spacial score (nSPS) is 11.4. The van der Waals surface area contributed by atoms with Crippen LogP contribution in [0.4, 0.5) is 0 Å². The molecule has 0 amide bonds. The van der Waals surface area contributed by atoms with Gasteiger partial charge in [-0.2, -0.15) is 0 Å². The minimum absolute atomic E-state index is 0.0619. The molecule has 0 aliphatic heterocycles. The number of aromatic nitrogens is 2. The van der Waals surface area contributed by atoms with Crippen molar-refractivity contribution in [3.63, 3.8) is 0 Å². The van der Waals surface area contributed by atoms with Crippen LogP contribution in [0.1, 0.15) is 13.3 Å². The Morgan fingerprint density at radius 3 is 2.67 bits per heavy atom. The number of hydrogen-bond donors (Lipinski definition) is 0. The largest absolute Gasteiger partial charge is 0.260 e. The highest BCUT2D eigenvalue weighted by molar-refractivity contribution is 7.91. The van der Waals surface area contributed by atoms with Crippen LogP contribution in [-0.2, 0) is 9.84 Å². The second-order valence-corrected chi connectivity index (χ2v) is 4.42. The summed E-state index contributed by atoms with van der Waals surface area (Å²) in [6, 6.07) is 0. The van der Waals surface area contributed by atoms with Crippen molar-refractivity contribution in [3.8, 4) is 0 Å². The predicted molar refractivity (Wildman–Crippen MR) is 44.4 cm³/mol. The molecular weight excluding hydrogens is 176 g/mol. The van der Waals surface area contributed by atoms with Crippen molar-refractivity contribution in [1.29, 1.82) is 0 Å². The topological polar surface area (TPSA) is 59.9 Å². The quantitative estimate of drug-likeness (QED) is 0.695. The Kier molecular flexibility index (Phi) is 2.75. The van der Waals surface area contributed by atoms with Gasteiger partial charge < -0.3 is 0 Å². The van der Waals surface area contributed by atoms with Crippen molar-refractivity contribution in [2.75, 3.05) is 5.75 Å². The maximum absolute atomic E-state index is 11.3. The van der Waals surface area contributed by atoms with Crippen LogP contribution in [0, 0.1) is 0 Å². The smallest absolute Gasteiger partial charge is 0.197 e. The van der Waals surface area contributed by atoms with E-state index in [2.05, 4.69) is 9.97 Å². The van der Waals surface area contributed by atoms with E-state index >= 15 is 0 Å². The lowest BCUT2D eigenvalue weighted by molar-refractivity contribution is 0.590. The molecule has 0 saturated carbocycles. The summed E-state index contributed by atoms with van der Waals surface area (Å²) in [7, 11) is -3.18. The van der Waals surface area contributed by atoms with Crippen LogP contribution in [0.25, 0.3) is 0 Å². The Labute approximate surface area is 71.6 Å². The van der Waals surface area contributed by atoms with E-state index in [0.717, 1.165) is 0 Å². The Balaban J connectivity index is 2.99. The Hall–Kier alpha value is -0.970. The van der Waals surface area contributed by atoms with Gasteiger partial charge in [0.2, 0.25) is 0 Å². The summed E-state index contributed by atoms with van der Waals surface area (Å²) in [5.41, 5.74) is 0. The molecule has 0 atom stereocenters. The van der Waals surface area contributed by atoms with Gasteiger partial charge in [-0.1, -0.05) is 6.92 Å².